The van der Waals surface area contributed by atoms with Crippen LogP contribution >= 0.6 is 0 Å². The lowest BCUT2D eigenvalue weighted by molar-refractivity contribution is -0.673. The van der Waals surface area contributed by atoms with Crippen LogP contribution in [0.1, 0.15) is 11.3 Å². The summed E-state index contributed by atoms with van der Waals surface area (Å²) in [5, 5.41) is 0. The Morgan fingerprint density at radius 1 is 0.875 bits per heavy atom. The summed E-state index contributed by atoms with van der Waals surface area (Å²) < 4.78 is 2.10. The molecule has 2 heteroatoms. The van der Waals surface area contributed by atoms with Crippen LogP contribution in [0.4, 0.5) is 0 Å². The van der Waals surface area contributed by atoms with Gasteiger partial charge in [-0.3, -0.25) is 0 Å². The summed E-state index contributed by atoms with van der Waals surface area (Å²) in [6.07, 6.45) is 6.29. The quantitative estimate of drug-likeness (QED) is 0.527. The topological polar surface area (TPSA) is 3.88 Å². The Morgan fingerprint density at radius 3 is 2.25 bits per heavy atom. The third kappa shape index (κ3) is 3.45. The molecule has 1 heterocycles. The maximum atomic E-state index is 2.12. The van der Waals surface area contributed by atoms with E-state index in [9.17, 15) is 0 Å². The van der Waals surface area contributed by atoms with Gasteiger partial charge in [-0.1, -0.05) is 30.3 Å². The molecular weight excluding hydrogens is 309 g/mol. The van der Waals surface area contributed by atoms with Gasteiger partial charge in [0.1, 0.15) is 7.05 Å². The molecule has 1 aromatic carbocycles. The Bertz CT molecular complexity index is 463. The number of aryl methyl sites for hydroxylation is 1. The lowest BCUT2D eigenvalue weighted by atomic mass is 10.2. The van der Waals surface area contributed by atoms with Crippen molar-refractivity contribution >= 4 is 12.2 Å². The van der Waals surface area contributed by atoms with Crippen molar-refractivity contribution in [2.24, 2.45) is 7.05 Å². The SMILES string of the molecule is C[n+]1ccccc1C=Cc1ccccc1.[I-]. The van der Waals surface area contributed by atoms with E-state index in [-0.39, 0.29) is 24.0 Å². The smallest absolute Gasteiger partial charge is 0.204 e. The molecule has 0 saturated carbocycles. The Labute approximate surface area is 113 Å². The van der Waals surface area contributed by atoms with Gasteiger partial charge in [-0.05, 0) is 17.7 Å². The highest BCUT2D eigenvalue weighted by molar-refractivity contribution is 5.66. The number of rotatable bonds is 2. The van der Waals surface area contributed by atoms with E-state index in [1.807, 2.05) is 43.6 Å². The first-order valence-electron chi connectivity index (χ1n) is 5.04. The van der Waals surface area contributed by atoms with Crippen molar-refractivity contribution in [1.82, 2.24) is 0 Å². The van der Waals surface area contributed by atoms with Crippen molar-refractivity contribution in [3.8, 4) is 0 Å². The van der Waals surface area contributed by atoms with Crippen molar-refractivity contribution in [3.63, 3.8) is 0 Å². The largest absolute Gasteiger partial charge is 1.00 e. The van der Waals surface area contributed by atoms with E-state index in [1.165, 1.54) is 11.3 Å². The molecule has 0 unspecified atom stereocenters. The summed E-state index contributed by atoms with van der Waals surface area (Å²) in [5.41, 5.74) is 2.42. The molecular formula is C14H14IN. The fourth-order valence-electron chi connectivity index (χ4n) is 1.46. The van der Waals surface area contributed by atoms with Gasteiger partial charge >= 0.3 is 0 Å². The highest BCUT2D eigenvalue weighted by Crippen LogP contribution is 2.04. The third-order valence-electron chi connectivity index (χ3n) is 2.34. The Balaban J connectivity index is 0.00000128. The molecule has 0 aliphatic carbocycles. The van der Waals surface area contributed by atoms with Crippen LogP contribution in [-0.2, 0) is 7.05 Å². The number of hydrogen-bond donors (Lipinski definition) is 0. The fraction of sp³-hybridized carbons (Fsp3) is 0.0714. The van der Waals surface area contributed by atoms with E-state index in [1.54, 1.807) is 0 Å². The second-order valence-corrected chi connectivity index (χ2v) is 3.48. The first kappa shape index (κ1) is 12.9. The van der Waals surface area contributed by atoms with Gasteiger partial charge < -0.3 is 24.0 Å². The zero-order chi connectivity index (χ0) is 10.5. The Hall–Kier alpha value is -1.16. The van der Waals surface area contributed by atoms with E-state index in [0.29, 0.717) is 0 Å². The van der Waals surface area contributed by atoms with E-state index in [0.717, 1.165) is 0 Å². The van der Waals surface area contributed by atoms with E-state index in [4.69, 9.17) is 0 Å². The maximum absolute atomic E-state index is 2.12. The number of hydrogen-bond acceptors (Lipinski definition) is 0. The second-order valence-electron chi connectivity index (χ2n) is 3.48. The van der Waals surface area contributed by atoms with Gasteiger partial charge in [-0.25, -0.2) is 4.57 Å². The molecule has 1 nitrogen and oxygen atoms in total. The van der Waals surface area contributed by atoms with Gasteiger partial charge in [0.25, 0.3) is 0 Å². The third-order valence-corrected chi connectivity index (χ3v) is 2.34. The monoisotopic (exact) mass is 323 g/mol. The molecule has 0 aliphatic rings. The molecule has 2 rings (SSSR count). The number of pyridine rings is 1. The molecule has 0 spiro atoms. The van der Waals surface area contributed by atoms with Gasteiger partial charge in [0, 0.05) is 18.2 Å². The summed E-state index contributed by atoms with van der Waals surface area (Å²) in [5.74, 6) is 0. The highest BCUT2D eigenvalue weighted by Gasteiger charge is 1.97. The molecule has 16 heavy (non-hydrogen) atoms. The molecule has 0 bridgehead atoms. The van der Waals surface area contributed by atoms with Crippen LogP contribution in [0.2, 0.25) is 0 Å². The predicted molar refractivity (Wildman–Crippen MR) is 63.0 cm³/mol. The zero-order valence-electron chi connectivity index (χ0n) is 9.18. The summed E-state index contributed by atoms with van der Waals surface area (Å²) in [6.45, 7) is 0. The lowest BCUT2D eigenvalue weighted by Gasteiger charge is -1.93. The first-order chi connectivity index (χ1) is 7.36. The van der Waals surface area contributed by atoms with Gasteiger partial charge in [0.15, 0.2) is 6.20 Å². The van der Waals surface area contributed by atoms with Crippen LogP contribution in [0.15, 0.2) is 54.7 Å². The number of halogens is 1. The number of benzene rings is 1. The summed E-state index contributed by atoms with van der Waals surface area (Å²) in [6, 6.07) is 16.5. The van der Waals surface area contributed by atoms with Crippen molar-refractivity contribution in [2.45, 2.75) is 0 Å². The lowest BCUT2D eigenvalue weighted by Crippen LogP contribution is -3.00. The number of aromatic nitrogens is 1. The molecule has 0 fully saturated rings. The van der Waals surface area contributed by atoms with Crippen molar-refractivity contribution in [2.75, 3.05) is 0 Å². The second kappa shape index (κ2) is 6.43. The molecule has 82 valence electrons. The van der Waals surface area contributed by atoms with Gasteiger partial charge in [-0.15, -0.1) is 0 Å². The normalized spacial score (nSPS) is 10.1. The average molecular weight is 323 g/mol. The molecule has 0 aliphatic heterocycles. The average Bonchev–Trinajstić information content (AvgIpc) is 2.29. The minimum absolute atomic E-state index is 0. The number of nitrogens with zero attached hydrogens (tertiary/aromatic N) is 1. The minimum atomic E-state index is 0. The van der Waals surface area contributed by atoms with Gasteiger partial charge in [0.05, 0.1) is 0 Å². The van der Waals surface area contributed by atoms with Crippen LogP contribution in [0.25, 0.3) is 12.2 Å². The zero-order valence-corrected chi connectivity index (χ0v) is 11.3. The Kier molecular flexibility index (Phi) is 5.19. The van der Waals surface area contributed by atoms with E-state index < -0.39 is 0 Å². The standard InChI is InChI=1S/C14H14N.HI/c1-15-12-6-5-9-14(15)11-10-13-7-3-2-4-8-13;/h2-12H,1H3;1H/q+1;/p-1. The Morgan fingerprint density at radius 2 is 1.56 bits per heavy atom. The van der Waals surface area contributed by atoms with E-state index in [2.05, 4.69) is 34.9 Å². The van der Waals surface area contributed by atoms with Gasteiger partial charge in [-0.2, -0.15) is 0 Å². The first-order valence-corrected chi connectivity index (χ1v) is 5.04. The van der Waals surface area contributed by atoms with Crippen LogP contribution in [0.5, 0.6) is 0 Å². The molecule has 2 aromatic rings. The van der Waals surface area contributed by atoms with Crippen LogP contribution in [0, 0.1) is 0 Å². The highest BCUT2D eigenvalue weighted by atomic mass is 127. The summed E-state index contributed by atoms with van der Waals surface area (Å²) in [4.78, 5) is 0. The van der Waals surface area contributed by atoms with Gasteiger partial charge in [0.2, 0.25) is 5.69 Å². The fourth-order valence-corrected chi connectivity index (χ4v) is 1.46. The van der Waals surface area contributed by atoms with E-state index >= 15 is 0 Å². The molecule has 0 radical (unpaired) electrons. The predicted octanol–water partition coefficient (Wildman–Crippen LogP) is -0.315. The molecule has 0 amide bonds. The minimum Gasteiger partial charge on any atom is -1.00 e. The molecule has 1 aromatic heterocycles. The van der Waals surface area contributed by atoms with Crippen LogP contribution in [-0.4, -0.2) is 0 Å². The van der Waals surface area contributed by atoms with Crippen molar-refractivity contribution in [3.05, 3.63) is 66.0 Å². The maximum Gasteiger partial charge on any atom is 0.204 e. The van der Waals surface area contributed by atoms with Crippen LogP contribution in [0.3, 0.4) is 0 Å². The molecule has 0 saturated heterocycles. The van der Waals surface area contributed by atoms with Crippen molar-refractivity contribution < 1.29 is 28.5 Å². The molecule has 0 atom stereocenters. The molecule has 0 N–H and O–H groups in total. The van der Waals surface area contributed by atoms with Crippen LogP contribution < -0.4 is 28.5 Å². The summed E-state index contributed by atoms with van der Waals surface area (Å²) >= 11 is 0. The van der Waals surface area contributed by atoms with Crippen molar-refractivity contribution in [1.29, 1.82) is 0 Å². The summed E-state index contributed by atoms with van der Waals surface area (Å²) in [7, 11) is 2.05.